The number of aryl methyl sites for hydroxylation is 2. The Hall–Kier alpha value is -2.57. The first-order valence-electron chi connectivity index (χ1n) is 9.42. The minimum Gasteiger partial charge on any atom is -0.374 e. The molecule has 0 aliphatic carbocycles. The normalized spacial score (nSPS) is 16.6. The van der Waals surface area contributed by atoms with Crippen molar-refractivity contribution in [1.29, 1.82) is 0 Å². The number of nitrogens with zero attached hydrogens (tertiary/aromatic N) is 4. The fourth-order valence-electron chi connectivity index (χ4n) is 3.93. The van der Waals surface area contributed by atoms with Gasteiger partial charge in [0.1, 0.15) is 12.4 Å². The van der Waals surface area contributed by atoms with Gasteiger partial charge in [-0.05, 0) is 49.4 Å². The summed E-state index contributed by atoms with van der Waals surface area (Å²) in [6.45, 7) is 1.72. The lowest BCUT2D eigenvalue weighted by atomic mass is 10.0. The number of hydrogen-bond acceptors (Lipinski definition) is 4. The Morgan fingerprint density at radius 3 is 2.92 bits per heavy atom. The number of nitrogens with one attached hydrogen (secondary N) is 1. The molecule has 1 aromatic heterocycles. The summed E-state index contributed by atoms with van der Waals surface area (Å²) in [7, 11) is 2.09. The lowest BCUT2D eigenvalue weighted by Gasteiger charge is -2.27. The van der Waals surface area contributed by atoms with Gasteiger partial charge in [0.15, 0.2) is 0 Å². The van der Waals surface area contributed by atoms with Crippen molar-refractivity contribution >= 4 is 17.3 Å². The number of hydrogen-bond donors (Lipinski definition) is 1. The van der Waals surface area contributed by atoms with Crippen molar-refractivity contribution < 1.29 is 4.79 Å². The first-order chi connectivity index (χ1) is 12.6. The predicted octanol–water partition coefficient (Wildman–Crippen LogP) is 1.79. The molecule has 2 aliphatic rings. The van der Waals surface area contributed by atoms with Crippen LogP contribution in [0.1, 0.15) is 37.1 Å². The Morgan fingerprint density at radius 1 is 1.15 bits per heavy atom. The Kier molecular flexibility index (Phi) is 4.53. The number of fused-ring (bicyclic) bond motifs is 2. The Balaban J connectivity index is 1.47. The van der Waals surface area contributed by atoms with Gasteiger partial charge in [-0.1, -0.05) is 6.42 Å². The third-order valence-electron chi connectivity index (χ3n) is 5.29. The summed E-state index contributed by atoms with van der Waals surface area (Å²) >= 11 is 0. The van der Waals surface area contributed by atoms with Crippen LogP contribution in [0.4, 0.5) is 11.4 Å². The largest absolute Gasteiger partial charge is 0.374 e. The quantitative estimate of drug-likeness (QED) is 0.911. The molecule has 0 radical (unpaired) electrons. The van der Waals surface area contributed by atoms with Crippen LogP contribution in [-0.2, 0) is 30.7 Å². The molecule has 1 aromatic carbocycles. The second-order valence-corrected chi connectivity index (χ2v) is 7.24. The van der Waals surface area contributed by atoms with Crippen LogP contribution >= 0.6 is 0 Å². The molecule has 0 unspecified atom stereocenters. The van der Waals surface area contributed by atoms with E-state index in [0.29, 0.717) is 6.54 Å². The highest BCUT2D eigenvalue weighted by atomic mass is 16.2. The van der Waals surface area contributed by atoms with Crippen molar-refractivity contribution in [2.45, 2.75) is 51.6 Å². The summed E-state index contributed by atoms with van der Waals surface area (Å²) in [5.41, 5.74) is 3.08. The van der Waals surface area contributed by atoms with Crippen LogP contribution in [0.15, 0.2) is 23.0 Å². The van der Waals surface area contributed by atoms with Crippen molar-refractivity contribution in [3.8, 4) is 0 Å². The standard InChI is InChI=1S/C19H25N5O2/c1-22-10-5-6-14-12-15(8-9-16(14)22)20-18(25)13-24-19(26)23-11-4-2-3-7-17(23)21-24/h8-9,12H,2-7,10-11,13H2,1H3,(H,20,25). The molecule has 1 amide bonds. The molecule has 1 N–H and O–H groups in total. The lowest BCUT2D eigenvalue weighted by Crippen LogP contribution is -2.30. The van der Waals surface area contributed by atoms with E-state index in [1.165, 1.54) is 15.9 Å². The second-order valence-electron chi connectivity index (χ2n) is 7.24. The van der Waals surface area contributed by atoms with Crippen molar-refractivity contribution in [3.05, 3.63) is 40.1 Å². The average Bonchev–Trinajstić information content (AvgIpc) is 2.79. The third-order valence-corrected chi connectivity index (χ3v) is 5.29. The highest BCUT2D eigenvalue weighted by Gasteiger charge is 2.18. The summed E-state index contributed by atoms with van der Waals surface area (Å²) in [5.74, 6) is 0.585. The molecule has 0 spiro atoms. The van der Waals surface area contributed by atoms with Gasteiger partial charge < -0.3 is 10.2 Å². The first kappa shape index (κ1) is 16.9. The molecule has 4 rings (SSSR count). The zero-order valence-electron chi connectivity index (χ0n) is 15.2. The number of amides is 1. The van der Waals surface area contributed by atoms with Crippen molar-refractivity contribution in [2.24, 2.45) is 0 Å². The van der Waals surface area contributed by atoms with Gasteiger partial charge in [0.05, 0.1) is 0 Å². The summed E-state index contributed by atoms with van der Waals surface area (Å²) in [6, 6.07) is 6.01. The van der Waals surface area contributed by atoms with Crippen molar-refractivity contribution in [3.63, 3.8) is 0 Å². The maximum atomic E-state index is 12.5. The number of benzene rings is 1. The minimum absolute atomic E-state index is 0.0458. The molecule has 0 saturated heterocycles. The molecule has 0 bridgehead atoms. The SMILES string of the molecule is CN1CCCc2cc(NC(=O)Cn3nc4n(c3=O)CCCCC4)ccc21. The molecular weight excluding hydrogens is 330 g/mol. The molecule has 2 aromatic rings. The van der Waals surface area contributed by atoms with Gasteiger partial charge in [-0.15, -0.1) is 0 Å². The van der Waals surface area contributed by atoms with Crippen LogP contribution in [0.5, 0.6) is 0 Å². The van der Waals surface area contributed by atoms with Crippen LogP contribution in [-0.4, -0.2) is 33.8 Å². The minimum atomic E-state index is -0.218. The van der Waals surface area contributed by atoms with E-state index in [4.69, 9.17) is 0 Å². The predicted molar refractivity (Wildman–Crippen MR) is 101 cm³/mol. The maximum absolute atomic E-state index is 12.5. The lowest BCUT2D eigenvalue weighted by molar-refractivity contribution is -0.117. The van der Waals surface area contributed by atoms with Crippen LogP contribution in [0, 0.1) is 0 Å². The molecule has 26 heavy (non-hydrogen) atoms. The number of rotatable bonds is 3. The average molecular weight is 355 g/mol. The van der Waals surface area contributed by atoms with Gasteiger partial charge >= 0.3 is 5.69 Å². The van der Waals surface area contributed by atoms with E-state index in [9.17, 15) is 9.59 Å². The third kappa shape index (κ3) is 3.25. The molecule has 0 saturated carbocycles. The second kappa shape index (κ2) is 6.97. The van der Waals surface area contributed by atoms with E-state index >= 15 is 0 Å². The van der Waals surface area contributed by atoms with Crippen molar-refractivity contribution in [2.75, 3.05) is 23.8 Å². The topological polar surface area (TPSA) is 72.2 Å². The van der Waals surface area contributed by atoms with E-state index in [1.807, 2.05) is 12.1 Å². The number of aromatic nitrogens is 3. The number of anilines is 2. The molecule has 0 fully saturated rings. The van der Waals surface area contributed by atoms with Crippen LogP contribution in [0.3, 0.4) is 0 Å². The van der Waals surface area contributed by atoms with E-state index in [1.54, 1.807) is 4.57 Å². The fourth-order valence-corrected chi connectivity index (χ4v) is 3.93. The van der Waals surface area contributed by atoms with Gasteiger partial charge in [-0.25, -0.2) is 9.48 Å². The van der Waals surface area contributed by atoms with Gasteiger partial charge in [-0.3, -0.25) is 9.36 Å². The molecule has 7 nitrogen and oxygen atoms in total. The van der Waals surface area contributed by atoms with Crippen molar-refractivity contribution in [1.82, 2.24) is 14.3 Å². The molecule has 138 valence electrons. The fraction of sp³-hybridized carbons (Fsp3) is 0.526. The monoisotopic (exact) mass is 355 g/mol. The van der Waals surface area contributed by atoms with Gasteiger partial charge in [0.2, 0.25) is 5.91 Å². The van der Waals surface area contributed by atoms with Gasteiger partial charge in [-0.2, -0.15) is 5.10 Å². The van der Waals surface area contributed by atoms with E-state index in [2.05, 4.69) is 28.4 Å². The summed E-state index contributed by atoms with van der Waals surface area (Å²) in [6.07, 6.45) is 6.12. The number of carbonyl (C=O) groups excluding carboxylic acids is 1. The highest BCUT2D eigenvalue weighted by Crippen LogP contribution is 2.28. The van der Waals surface area contributed by atoms with Gasteiger partial charge in [0.25, 0.3) is 0 Å². The summed E-state index contributed by atoms with van der Waals surface area (Å²) in [4.78, 5) is 27.1. The van der Waals surface area contributed by atoms with E-state index < -0.39 is 0 Å². The first-order valence-corrected chi connectivity index (χ1v) is 9.42. The zero-order chi connectivity index (χ0) is 18.1. The van der Waals surface area contributed by atoms with E-state index in [-0.39, 0.29) is 18.1 Å². The maximum Gasteiger partial charge on any atom is 0.346 e. The highest BCUT2D eigenvalue weighted by molar-refractivity contribution is 5.91. The van der Waals surface area contributed by atoms with E-state index in [0.717, 1.165) is 56.6 Å². The summed E-state index contributed by atoms with van der Waals surface area (Å²) in [5, 5.41) is 7.28. The molecule has 0 atom stereocenters. The van der Waals surface area contributed by atoms with Crippen LogP contribution in [0.25, 0.3) is 0 Å². The molecule has 2 aliphatic heterocycles. The Morgan fingerprint density at radius 2 is 2.04 bits per heavy atom. The number of carbonyl (C=O) groups is 1. The molecule has 3 heterocycles. The van der Waals surface area contributed by atoms with Crippen LogP contribution < -0.4 is 15.9 Å². The Labute approximate surface area is 152 Å². The molecular formula is C19H25N5O2. The zero-order valence-corrected chi connectivity index (χ0v) is 15.2. The van der Waals surface area contributed by atoms with Gasteiger partial charge in [0, 0.05) is 37.9 Å². The van der Waals surface area contributed by atoms with Crippen LogP contribution in [0.2, 0.25) is 0 Å². The summed E-state index contributed by atoms with van der Waals surface area (Å²) < 4.78 is 3.01. The molecule has 7 heteroatoms. The Bertz CT molecular complexity index is 883. The smallest absolute Gasteiger partial charge is 0.346 e.